The van der Waals surface area contributed by atoms with Gasteiger partial charge in [-0.05, 0) is 35.7 Å². The van der Waals surface area contributed by atoms with Crippen LogP contribution < -0.4 is 4.74 Å². The first-order chi connectivity index (χ1) is 15.3. The molecule has 0 aliphatic carbocycles. The van der Waals surface area contributed by atoms with Crippen LogP contribution in [-0.2, 0) is 11.2 Å². The molecule has 31 heavy (non-hydrogen) atoms. The van der Waals surface area contributed by atoms with Gasteiger partial charge in [-0.15, -0.1) is 0 Å². The average molecular weight is 411 g/mol. The quantitative estimate of drug-likeness (QED) is 0.405. The molecule has 1 amide bonds. The Hall–Kier alpha value is -3.79. The lowest BCUT2D eigenvalue weighted by Gasteiger charge is -2.21. The highest BCUT2D eigenvalue weighted by Crippen LogP contribution is 2.18. The number of ether oxygens (including phenoxy) is 1. The monoisotopic (exact) mass is 410 g/mol. The molecule has 1 aromatic heterocycles. The molecule has 0 radical (unpaired) electrons. The predicted molar refractivity (Wildman–Crippen MR) is 126 cm³/mol. The smallest absolute Gasteiger partial charge is 0.260 e. The molecule has 0 fully saturated rings. The van der Waals surface area contributed by atoms with Crippen LogP contribution in [0.1, 0.15) is 11.1 Å². The minimum absolute atomic E-state index is 0.0249. The molecular formula is C27H26N2O2. The number of hydrogen-bond donors (Lipinski definition) is 1. The first-order valence-corrected chi connectivity index (χ1v) is 10.5. The second kappa shape index (κ2) is 10.3. The van der Waals surface area contributed by atoms with Gasteiger partial charge in [-0.1, -0.05) is 78.9 Å². The van der Waals surface area contributed by atoms with Gasteiger partial charge in [0, 0.05) is 30.2 Å². The lowest BCUT2D eigenvalue weighted by atomic mass is 10.1. The van der Waals surface area contributed by atoms with Crippen molar-refractivity contribution in [1.29, 1.82) is 0 Å². The molecule has 4 rings (SSSR count). The summed E-state index contributed by atoms with van der Waals surface area (Å²) in [5, 5.41) is 1.20. The van der Waals surface area contributed by atoms with Gasteiger partial charge in [0.15, 0.2) is 6.61 Å². The number of benzene rings is 3. The van der Waals surface area contributed by atoms with E-state index >= 15 is 0 Å². The lowest BCUT2D eigenvalue weighted by molar-refractivity contribution is -0.132. The summed E-state index contributed by atoms with van der Waals surface area (Å²) in [6, 6.07) is 27.8. The van der Waals surface area contributed by atoms with Gasteiger partial charge < -0.3 is 14.6 Å². The molecule has 3 aromatic carbocycles. The number of aromatic nitrogens is 1. The Morgan fingerprint density at radius 2 is 1.61 bits per heavy atom. The molecule has 0 aliphatic heterocycles. The average Bonchev–Trinajstić information content (AvgIpc) is 3.24. The van der Waals surface area contributed by atoms with Crippen molar-refractivity contribution < 1.29 is 9.53 Å². The number of carbonyl (C=O) groups is 1. The molecule has 0 saturated heterocycles. The first-order valence-electron chi connectivity index (χ1n) is 10.5. The van der Waals surface area contributed by atoms with Gasteiger partial charge in [0.25, 0.3) is 5.91 Å². The molecule has 4 heteroatoms. The van der Waals surface area contributed by atoms with Crippen molar-refractivity contribution in [3.05, 3.63) is 108 Å². The fourth-order valence-corrected chi connectivity index (χ4v) is 3.54. The summed E-state index contributed by atoms with van der Waals surface area (Å²) in [6.07, 6.45) is 6.89. The number of nitrogens with zero attached hydrogens (tertiary/aromatic N) is 1. The summed E-state index contributed by atoms with van der Waals surface area (Å²) < 4.78 is 5.70. The second-order valence-corrected chi connectivity index (χ2v) is 7.36. The van der Waals surface area contributed by atoms with Crippen LogP contribution in [0.15, 0.2) is 97.2 Å². The Bertz CT molecular complexity index is 1130. The van der Waals surface area contributed by atoms with Crippen molar-refractivity contribution in [2.24, 2.45) is 0 Å². The van der Waals surface area contributed by atoms with Crippen molar-refractivity contribution in [3.63, 3.8) is 0 Å². The predicted octanol–water partition coefficient (Wildman–Crippen LogP) is 5.33. The van der Waals surface area contributed by atoms with Crippen molar-refractivity contribution in [1.82, 2.24) is 9.88 Å². The normalized spacial score (nSPS) is 11.1. The Morgan fingerprint density at radius 1 is 0.903 bits per heavy atom. The summed E-state index contributed by atoms with van der Waals surface area (Å²) in [5.74, 6) is 0.675. The van der Waals surface area contributed by atoms with Crippen LogP contribution in [0.3, 0.4) is 0 Å². The summed E-state index contributed by atoms with van der Waals surface area (Å²) in [6.45, 7) is 1.18. The summed E-state index contributed by atoms with van der Waals surface area (Å²) in [5.41, 5.74) is 3.45. The largest absolute Gasteiger partial charge is 0.484 e. The zero-order chi connectivity index (χ0) is 21.3. The van der Waals surface area contributed by atoms with E-state index in [0.29, 0.717) is 18.8 Å². The van der Waals surface area contributed by atoms with Crippen LogP contribution in [0.5, 0.6) is 5.75 Å². The van der Waals surface area contributed by atoms with Crippen molar-refractivity contribution >= 4 is 22.9 Å². The zero-order valence-electron chi connectivity index (χ0n) is 17.4. The number of carbonyl (C=O) groups excluding carboxylic acids is 1. The Balaban J connectivity index is 1.43. The standard InChI is InChI=1S/C27H26N2O2/c30-27(21-31-24-13-5-2-6-14-24)29(18-9-12-22-10-3-1-4-11-22)19-17-23-20-28-26-16-8-7-15-25(23)26/h1-16,20,28H,17-19,21H2/b12-9+. The van der Waals surface area contributed by atoms with E-state index in [9.17, 15) is 4.79 Å². The molecule has 0 saturated carbocycles. The van der Waals surface area contributed by atoms with Gasteiger partial charge in [0.05, 0.1) is 0 Å². The maximum atomic E-state index is 12.9. The highest BCUT2D eigenvalue weighted by atomic mass is 16.5. The van der Waals surface area contributed by atoms with Crippen LogP contribution in [0.2, 0.25) is 0 Å². The number of nitrogens with one attached hydrogen (secondary N) is 1. The van der Waals surface area contributed by atoms with Gasteiger partial charge in [-0.2, -0.15) is 0 Å². The minimum Gasteiger partial charge on any atom is -0.484 e. The Labute approximate surface area is 182 Å². The third-order valence-electron chi connectivity index (χ3n) is 5.22. The van der Waals surface area contributed by atoms with E-state index in [1.54, 1.807) is 0 Å². The summed E-state index contributed by atoms with van der Waals surface area (Å²) >= 11 is 0. The maximum Gasteiger partial charge on any atom is 0.260 e. The molecule has 1 heterocycles. The molecular weight excluding hydrogens is 384 g/mol. The molecule has 0 unspecified atom stereocenters. The Kier molecular flexibility index (Phi) is 6.81. The first kappa shape index (κ1) is 20.5. The molecule has 4 aromatic rings. The molecule has 0 aliphatic rings. The van der Waals surface area contributed by atoms with Crippen molar-refractivity contribution in [2.75, 3.05) is 19.7 Å². The van der Waals surface area contributed by atoms with Gasteiger partial charge >= 0.3 is 0 Å². The Morgan fingerprint density at radius 3 is 2.42 bits per heavy atom. The van der Waals surface area contributed by atoms with Gasteiger partial charge in [0.1, 0.15) is 5.75 Å². The number of H-pyrrole nitrogens is 1. The fraction of sp³-hybridized carbons (Fsp3) is 0.148. The lowest BCUT2D eigenvalue weighted by Crippen LogP contribution is -2.36. The minimum atomic E-state index is -0.0265. The van der Waals surface area contributed by atoms with Gasteiger partial charge in [-0.3, -0.25) is 4.79 Å². The van der Waals surface area contributed by atoms with Crippen molar-refractivity contribution in [3.8, 4) is 5.75 Å². The molecule has 0 bridgehead atoms. The van der Waals surface area contributed by atoms with E-state index in [4.69, 9.17) is 4.74 Å². The molecule has 156 valence electrons. The molecule has 0 spiro atoms. The van der Waals surface area contributed by atoms with Crippen LogP contribution in [0, 0.1) is 0 Å². The summed E-state index contributed by atoms with van der Waals surface area (Å²) in [7, 11) is 0. The molecule has 0 atom stereocenters. The van der Waals surface area contributed by atoms with E-state index in [0.717, 1.165) is 17.5 Å². The summed E-state index contributed by atoms with van der Waals surface area (Å²) in [4.78, 5) is 18.1. The number of rotatable bonds is 9. The van der Waals surface area contributed by atoms with Crippen LogP contribution in [0.25, 0.3) is 17.0 Å². The third kappa shape index (κ3) is 5.64. The topological polar surface area (TPSA) is 45.3 Å². The third-order valence-corrected chi connectivity index (χ3v) is 5.22. The zero-order valence-corrected chi connectivity index (χ0v) is 17.4. The van der Waals surface area contributed by atoms with Crippen LogP contribution >= 0.6 is 0 Å². The number of para-hydroxylation sites is 2. The number of amides is 1. The van der Waals surface area contributed by atoms with E-state index in [1.165, 1.54) is 10.9 Å². The van der Waals surface area contributed by atoms with Gasteiger partial charge in [-0.25, -0.2) is 0 Å². The van der Waals surface area contributed by atoms with E-state index in [1.807, 2.05) is 96.0 Å². The molecule has 4 nitrogen and oxygen atoms in total. The molecule has 1 N–H and O–H groups in total. The van der Waals surface area contributed by atoms with Gasteiger partial charge in [0.2, 0.25) is 0 Å². The van der Waals surface area contributed by atoms with E-state index in [2.05, 4.69) is 17.1 Å². The van der Waals surface area contributed by atoms with E-state index < -0.39 is 0 Å². The second-order valence-electron chi connectivity index (χ2n) is 7.36. The number of aromatic amines is 1. The fourth-order valence-electron chi connectivity index (χ4n) is 3.54. The maximum absolute atomic E-state index is 12.9. The highest BCUT2D eigenvalue weighted by molar-refractivity contribution is 5.83. The van der Waals surface area contributed by atoms with Crippen molar-refractivity contribution in [2.45, 2.75) is 6.42 Å². The van der Waals surface area contributed by atoms with Crippen LogP contribution in [-0.4, -0.2) is 35.5 Å². The number of fused-ring (bicyclic) bond motifs is 1. The highest BCUT2D eigenvalue weighted by Gasteiger charge is 2.14. The van der Waals surface area contributed by atoms with E-state index in [-0.39, 0.29) is 12.5 Å². The number of hydrogen-bond acceptors (Lipinski definition) is 2. The van der Waals surface area contributed by atoms with Crippen LogP contribution in [0.4, 0.5) is 0 Å². The SMILES string of the molecule is O=C(COc1ccccc1)N(C/C=C/c1ccccc1)CCc1c[nH]c2ccccc12.